The van der Waals surface area contributed by atoms with Crippen LogP contribution < -0.4 is 0 Å². The monoisotopic (exact) mass is 150 g/mol. The van der Waals surface area contributed by atoms with Crippen LogP contribution in [-0.2, 0) is 9.47 Å². The maximum atomic E-state index is 8.81. The molecule has 0 aromatic carbocycles. The Balaban J connectivity index is 3.17. The minimum atomic E-state index is -0.801. The molecule has 0 radical (unpaired) electrons. The van der Waals surface area contributed by atoms with Crippen LogP contribution in [0.15, 0.2) is 0 Å². The van der Waals surface area contributed by atoms with Gasteiger partial charge in [-0.15, -0.1) is 0 Å². The van der Waals surface area contributed by atoms with Gasteiger partial charge in [0.15, 0.2) is 12.6 Å². The first-order valence-corrected chi connectivity index (χ1v) is 3.12. The molecule has 0 aliphatic heterocycles. The molecule has 0 bridgehead atoms. The number of rotatable bonds is 5. The number of methoxy groups -OCH3 is 2. The quantitative estimate of drug-likeness (QED) is 0.528. The lowest BCUT2D eigenvalue weighted by Crippen LogP contribution is -2.15. The van der Waals surface area contributed by atoms with Crippen LogP contribution in [-0.4, -0.2) is 37.0 Å². The molecule has 62 valence electrons. The van der Waals surface area contributed by atoms with Gasteiger partial charge in [-0.05, 0) is 0 Å². The van der Waals surface area contributed by atoms with Gasteiger partial charge in [0, 0.05) is 27.1 Å². The summed E-state index contributed by atoms with van der Waals surface area (Å²) in [5, 5.41) is 17.6. The molecule has 2 atom stereocenters. The molecule has 2 unspecified atom stereocenters. The summed E-state index contributed by atoms with van der Waals surface area (Å²) >= 11 is 0. The Morgan fingerprint density at radius 2 is 1.30 bits per heavy atom. The molecule has 0 aliphatic rings. The van der Waals surface area contributed by atoms with Crippen LogP contribution >= 0.6 is 0 Å². The van der Waals surface area contributed by atoms with Crippen molar-refractivity contribution in [2.75, 3.05) is 14.2 Å². The molecule has 0 aliphatic carbocycles. The standard InChI is InChI=1S/C6H14O4/c1-9-5(7)3-4-6(8)10-2/h5-8H,3-4H2,1-2H3. The second-order valence-electron chi connectivity index (χ2n) is 1.96. The van der Waals surface area contributed by atoms with Gasteiger partial charge in [0.2, 0.25) is 0 Å². The van der Waals surface area contributed by atoms with E-state index in [4.69, 9.17) is 10.2 Å². The summed E-state index contributed by atoms with van der Waals surface area (Å²) in [6.45, 7) is 0. The fourth-order valence-corrected chi connectivity index (χ4v) is 0.521. The third-order valence-corrected chi connectivity index (χ3v) is 1.20. The number of hydrogen-bond donors (Lipinski definition) is 2. The van der Waals surface area contributed by atoms with Gasteiger partial charge in [-0.3, -0.25) is 0 Å². The molecule has 0 aromatic heterocycles. The van der Waals surface area contributed by atoms with Gasteiger partial charge in [-0.25, -0.2) is 0 Å². The molecule has 0 spiro atoms. The molecule has 0 fully saturated rings. The number of ether oxygens (including phenoxy) is 2. The number of aliphatic hydroxyl groups is 2. The van der Waals surface area contributed by atoms with Gasteiger partial charge < -0.3 is 19.7 Å². The van der Waals surface area contributed by atoms with Crippen molar-refractivity contribution in [2.45, 2.75) is 25.4 Å². The molecule has 0 saturated heterocycles. The van der Waals surface area contributed by atoms with E-state index in [0.717, 1.165) is 0 Å². The Bertz CT molecular complexity index is 66.1. The second-order valence-corrected chi connectivity index (χ2v) is 1.96. The highest BCUT2D eigenvalue weighted by atomic mass is 16.6. The van der Waals surface area contributed by atoms with Crippen molar-refractivity contribution in [3.8, 4) is 0 Å². The Morgan fingerprint density at radius 3 is 1.50 bits per heavy atom. The van der Waals surface area contributed by atoms with Gasteiger partial charge >= 0.3 is 0 Å². The van der Waals surface area contributed by atoms with Gasteiger partial charge in [0.1, 0.15) is 0 Å². The predicted molar refractivity (Wildman–Crippen MR) is 35.3 cm³/mol. The topological polar surface area (TPSA) is 58.9 Å². The lowest BCUT2D eigenvalue weighted by Gasteiger charge is -2.10. The zero-order valence-corrected chi connectivity index (χ0v) is 6.28. The molecule has 0 amide bonds. The largest absolute Gasteiger partial charge is 0.368 e. The minimum absolute atomic E-state index is 0.380. The van der Waals surface area contributed by atoms with Crippen molar-refractivity contribution < 1.29 is 19.7 Å². The van der Waals surface area contributed by atoms with Crippen molar-refractivity contribution >= 4 is 0 Å². The minimum Gasteiger partial charge on any atom is -0.368 e. The van der Waals surface area contributed by atoms with Gasteiger partial charge in [0.05, 0.1) is 0 Å². The van der Waals surface area contributed by atoms with E-state index in [1.54, 1.807) is 0 Å². The molecular weight excluding hydrogens is 136 g/mol. The van der Waals surface area contributed by atoms with Gasteiger partial charge in [0.25, 0.3) is 0 Å². The normalized spacial score (nSPS) is 16.8. The molecule has 2 N–H and O–H groups in total. The van der Waals surface area contributed by atoms with Crippen LogP contribution in [0.5, 0.6) is 0 Å². The van der Waals surface area contributed by atoms with Crippen LogP contribution in [0.25, 0.3) is 0 Å². The van der Waals surface area contributed by atoms with E-state index in [2.05, 4.69) is 9.47 Å². The average molecular weight is 150 g/mol. The van der Waals surface area contributed by atoms with Crippen molar-refractivity contribution in [1.82, 2.24) is 0 Å². The van der Waals surface area contributed by atoms with E-state index < -0.39 is 12.6 Å². The van der Waals surface area contributed by atoms with Crippen LogP contribution in [0.3, 0.4) is 0 Å². The average Bonchev–Trinajstić information content (AvgIpc) is 1.99. The maximum absolute atomic E-state index is 8.81. The van der Waals surface area contributed by atoms with Crippen molar-refractivity contribution in [2.24, 2.45) is 0 Å². The SMILES string of the molecule is COC(O)CCC(O)OC. The molecule has 0 rings (SSSR count). The van der Waals surface area contributed by atoms with Crippen LogP contribution in [0.1, 0.15) is 12.8 Å². The highest BCUT2D eigenvalue weighted by molar-refractivity contribution is 4.44. The fraction of sp³-hybridized carbons (Fsp3) is 1.00. The van der Waals surface area contributed by atoms with Gasteiger partial charge in [-0.1, -0.05) is 0 Å². The van der Waals surface area contributed by atoms with Crippen LogP contribution in [0.2, 0.25) is 0 Å². The summed E-state index contributed by atoms with van der Waals surface area (Å²) in [7, 11) is 2.81. The smallest absolute Gasteiger partial charge is 0.154 e. The highest BCUT2D eigenvalue weighted by Gasteiger charge is 2.05. The number of hydrogen-bond acceptors (Lipinski definition) is 4. The zero-order chi connectivity index (χ0) is 7.98. The van der Waals surface area contributed by atoms with E-state index in [1.807, 2.05) is 0 Å². The molecule has 10 heavy (non-hydrogen) atoms. The summed E-state index contributed by atoms with van der Waals surface area (Å²) in [5.74, 6) is 0. The van der Waals surface area contributed by atoms with Crippen molar-refractivity contribution in [1.29, 1.82) is 0 Å². The fourth-order valence-electron chi connectivity index (χ4n) is 0.521. The summed E-state index contributed by atoms with van der Waals surface area (Å²) in [6, 6.07) is 0. The van der Waals surface area contributed by atoms with Crippen molar-refractivity contribution in [3.05, 3.63) is 0 Å². The first kappa shape index (κ1) is 9.84. The lowest BCUT2D eigenvalue weighted by atomic mass is 10.3. The predicted octanol–water partition coefficient (Wildman–Crippen LogP) is -0.304. The third kappa shape index (κ3) is 4.69. The molecular formula is C6H14O4. The van der Waals surface area contributed by atoms with E-state index >= 15 is 0 Å². The van der Waals surface area contributed by atoms with Crippen LogP contribution in [0.4, 0.5) is 0 Å². The Morgan fingerprint density at radius 1 is 1.00 bits per heavy atom. The molecule has 0 saturated carbocycles. The van der Waals surface area contributed by atoms with E-state index in [9.17, 15) is 0 Å². The molecule has 4 nitrogen and oxygen atoms in total. The Kier molecular flexibility index (Phi) is 5.52. The van der Waals surface area contributed by atoms with Gasteiger partial charge in [-0.2, -0.15) is 0 Å². The summed E-state index contributed by atoms with van der Waals surface area (Å²) < 4.78 is 9.07. The summed E-state index contributed by atoms with van der Waals surface area (Å²) in [6.07, 6.45) is -0.841. The highest BCUT2D eigenvalue weighted by Crippen LogP contribution is 2.01. The van der Waals surface area contributed by atoms with E-state index in [-0.39, 0.29) is 0 Å². The first-order chi connectivity index (χ1) is 4.70. The van der Waals surface area contributed by atoms with E-state index in [1.165, 1.54) is 14.2 Å². The van der Waals surface area contributed by atoms with Crippen LogP contribution in [0, 0.1) is 0 Å². The zero-order valence-electron chi connectivity index (χ0n) is 6.28. The summed E-state index contributed by atoms with van der Waals surface area (Å²) in [5.41, 5.74) is 0. The Labute approximate surface area is 60.4 Å². The summed E-state index contributed by atoms with van der Waals surface area (Å²) in [4.78, 5) is 0. The number of aliphatic hydroxyl groups excluding tert-OH is 2. The maximum Gasteiger partial charge on any atom is 0.154 e. The third-order valence-electron chi connectivity index (χ3n) is 1.20. The molecule has 4 heteroatoms. The first-order valence-electron chi connectivity index (χ1n) is 3.12. The molecule has 0 heterocycles. The van der Waals surface area contributed by atoms with E-state index in [0.29, 0.717) is 12.8 Å². The Hall–Kier alpha value is -0.160. The van der Waals surface area contributed by atoms with Crippen molar-refractivity contribution in [3.63, 3.8) is 0 Å². The molecule has 0 aromatic rings. The lowest BCUT2D eigenvalue weighted by molar-refractivity contribution is -0.117. The second kappa shape index (κ2) is 5.61.